The summed E-state index contributed by atoms with van der Waals surface area (Å²) in [6, 6.07) is 16.4. The summed E-state index contributed by atoms with van der Waals surface area (Å²) in [7, 11) is 0. The van der Waals surface area contributed by atoms with Crippen molar-refractivity contribution in [3.8, 4) is 16.2 Å². The van der Waals surface area contributed by atoms with Crippen molar-refractivity contribution >= 4 is 38.9 Å². The van der Waals surface area contributed by atoms with Gasteiger partial charge in [0.05, 0.1) is 11.1 Å². The van der Waals surface area contributed by atoms with Crippen LogP contribution in [0, 0.1) is 0 Å². The van der Waals surface area contributed by atoms with Crippen LogP contribution in [-0.2, 0) is 11.3 Å². The molecular formula is C23H18N4O4S. The zero-order chi connectivity index (χ0) is 22.2. The van der Waals surface area contributed by atoms with Crippen LogP contribution in [0.15, 0.2) is 59.4 Å². The minimum Gasteiger partial charge on any atom is -0.482 e. The molecular weight excluding hydrogens is 428 g/mol. The van der Waals surface area contributed by atoms with Crippen LogP contribution in [0.2, 0.25) is 0 Å². The van der Waals surface area contributed by atoms with E-state index in [1.807, 2.05) is 37.3 Å². The molecule has 5 rings (SSSR count). The molecule has 4 aromatic rings. The number of amides is 1. The molecule has 2 aromatic carbocycles. The molecule has 0 bridgehead atoms. The van der Waals surface area contributed by atoms with E-state index >= 15 is 0 Å². The van der Waals surface area contributed by atoms with E-state index in [-0.39, 0.29) is 30.4 Å². The maximum Gasteiger partial charge on any atom is 0.278 e. The van der Waals surface area contributed by atoms with Crippen LogP contribution in [0.1, 0.15) is 17.3 Å². The number of nitrogens with zero attached hydrogens (tertiary/aromatic N) is 4. The summed E-state index contributed by atoms with van der Waals surface area (Å²) in [4.78, 5) is 41.0. The number of rotatable bonds is 5. The number of aromatic nitrogens is 3. The lowest BCUT2D eigenvalue weighted by Crippen LogP contribution is -2.38. The first-order valence-corrected chi connectivity index (χ1v) is 10.9. The van der Waals surface area contributed by atoms with Crippen LogP contribution in [-0.4, -0.2) is 39.8 Å². The van der Waals surface area contributed by atoms with Gasteiger partial charge in [0, 0.05) is 17.0 Å². The number of likely N-dealkylation sites (N-methyl/N-ethyl adjacent to an activating group) is 1. The zero-order valence-corrected chi connectivity index (χ0v) is 18.0. The number of carbonyl (C=O) groups is 2. The number of ketones is 1. The Morgan fingerprint density at radius 2 is 1.94 bits per heavy atom. The first-order valence-electron chi connectivity index (χ1n) is 10.1. The number of hydrogen-bond donors (Lipinski definition) is 0. The highest BCUT2D eigenvalue weighted by Gasteiger charge is 2.25. The summed E-state index contributed by atoms with van der Waals surface area (Å²) >= 11 is 1.38. The minimum atomic E-state index is -0.367. The van der Waals surface area contributed by atoms with E-state index < -0.39 is 0 Å². The summed E-state index contributed by atoms with van der Waals surface area (Å²) in [6.07, 6.45) is 0. The van der Waals surface area contributed by atoms with Crippen LogP contribution >= 0.6 is 11.3 Å². The lowest BCUT2D eigenvalue weighted by atomic mass is 10.1. The van der Waals surface area contributed by atoms with E-state index in [2.05, 4.69) is 10.3 Å². The highest BCUT2D eigenvalue weighted by molar-refractivity contribution is 7.21. The number of fused-ring (bicyclic) bond motifs is 2. The number of anilines is 1. The molecule has 0 saturated carbocycles. The van der Waals surface area contributed by atoms with E-state index in [1.54, 1.807) is 29.2 Å². The molecule has 9 heteroatoms. The maximum atomic E-state index is 13.0. The molecule has 0 N–H and O–H groups in total. The van der Waals surface area contributed by atoms with E-state index in [4.69, 9.17) is 4.74 Å². The van der Waals surface area contributed by atoms with Gasteiger partial charge in [-0.25, -0.2) is 4.68 Å². The van der Waals surface area contributed by atoms with Gasteiger partial charge in [-0.3, -0.25) is 14.4 Å². The van der Waals surface area contributed by atoms with Gasteiger partial charge in [-0.1, -0.05) is 35.5 Å². The highest BCUT2D eigenvalue weighted by atomic mass is 32.1. The third-order valence-electron chi connectivity index (χ3n) is 5.31. The lowest BCUT2D eigenvalue weighted by Gasteiger charge is -2.28. The van der Waals surface area contributed by atoms with Crippen molar-refractivity contribution < 1.29 is 14.3 Å². The summed E-state index contributed by atoms with van der Waals surface area (Å²) in [5.74, 6) is 0.0769. The van der Waals surface area contributed by atoms with Crippen LogP contribution in [0.25, 0.3) is 20.7 Å². The van der Waals surface area contributed by atoms with Gasteiger partial charge in [-0.15, -0.1) is 16.4 Å². The average molecular weight is 446 g/mol. The summed E-state index contributed by atoms with van der Waals surface area (Å²) < 4.78 is 6.52. The number of thiophene rings is 1. The van der Waals surface area contributed by atoms with Gasteiger partial charge in [0.2, 0.25) is 0 Å². The fourth-order valence-electron chi connectivity index (χ4n) is 3.68. The molecule has 1 amide bonds. The number of carbonyl (C=O) groups excluding carboxylic acids is 2. The molecule has 0 saturated heterocycles. The van der Waals surface area contributed by atoms with Gasteiger partial charge in [-0.05, 0) is 36.8 Å². The molecule has 0 unspecified atom stereocenters. The van der Waals surface area contributed by atoms with Gasteiger partial charge in [-0.2, -0.15) is 0 Å². The van der Waals surface area contributed by atoms with Crippen molar-refractivity contribution in [3.63, 3.8) is 0 Å². The van der Waals surface area contributed by atoms with Crippen LogP contribution in [0.3, 0.4) is 0 Å². The second kappa shape index (κ2) is 8.01. The number of ether oxygens (including phenoxy) is 1. The Labute approximate surface area is 186 Å². The molecule has 3 heterocycles. The predicted octanol–water partition coefficient (Wildman–Crippen LogP) is 3.15. The fraction of sp³-hybridized carbons (Fsp3) is 0.174. The molecule has 160 valence electrons. The Morgan fingerprint density at radius 1 is 1.12 bits per heavy atom. The second-order valence-electron chi connectivity index (χ2n) is 7.28. The second-order valence-corrected chi connectivity index (χ2v) is 8.31. The molecule has 0 atom stereocenters. The lowest BCUT2D eigenvalue weighted by molar-refractivity contribution is -0.121. The zero-order valence-electron chi connectivity index (χ0n) is 17.1. The topological polar surface area (TPSA) is 94.4 Å². The monoisotopic (exact) mass is 446 g/mol. The third kappa shape index (κ3) is 3.46. The Morgan fingerprint density at radius 3 is 2.72 bits per heavy atom. The van der Waals surface area contributed by atoms with Gasteiger partial charge in [0.1, 0.15) is 12.3 Å². The SMILES string of the molecule is CCN1C(=O)COc2ccc(C(=O)Cn3nnc4sc(-c5ccccc5)cc4c3=O)cc21. The first-order chi connectivity index (χ1) is 15.5. The van der Waals surface area contributed by atoms with Crippen molar-refractivity contribution in [2.24, 2.45) is 0 Å². The highest BCUT2D eigenvalue weighted by Crippen LogP contribution is 2.33. The van der Waals surface area contributed by atoms with Gasteiger partial charge in [0.15, 0.2) is 17.2 Å². The fourth-order valence-corrected chi connectivity index (χ4v) is 4.65. The number of benzene rings is 2. The maximum absolute atomic E-state index is 13.0. The van der Waals surface area contributed by atoms with Crippen LogP contribution in [0.5, 0.6) is 5.75 Å². The molecule has 0 radical (unpaired) electrons. The van der Waals surface area contributed by atoms with Gasteiger partial charge in [0.25, 0.3) is 11.5 Å². The van der Waals surface area contributed by atoms with Gasteiger partial charge < -0.3 is 9.64 Å². The summed E-state index contributed by atoms with van der Waals surface area (Å²) in [5, 5.41) is 8.54. The Hall–Kier alpha value is -3.85. The molecule has 0 fully saturated rings. The summed E-state index contributed by atoms with van der Waals surface area (Å²) in [5.41, 5.74) is 1.54. The van der Waals surface area contributed by atoms with Crippen LogP contribution in [0.4, 0.5) is 5.69 Å². The standard InChI is InChI=1S/C23H18N4O4S/c1-2-26-17-10-15(8-9-19(17)31-13-21(26)29)18(28)12-27-23(30)16-11-20(32-22(16)24-25-27)14-6-4-3-5-7-14/h3-11H,2,12-13H2,1H3. The summed E-state index contributed by atoms with van der Waals surface area (Å²) in [6.45, 7) is 2.05. The first kappa shape index (κ1) is 20.1. The van der Waals surface area contributed by atoms with Crippen molar-refractivity contribution in [3.05, 3.63) is 70.5 Å². The van der Waals surface area contributed by atoms with Crippen LogP contribution < -0.4 is 15.2 Å². The molecule has 0 aliphatic carbocycles. The van der Waals surface area contributed by atoms with E-state index in [0.717, 1.165) is 15.1 Å². The Bertz CT molecular complexity index is 1410. The number of hydrogen-bond acceptors (Lipinski definition) is 7. The van der Waals surface area contributed by atoms with Crippen molar-refractivity contribution in [2.75, 3.05) is 18.1 Å². The average Bonchev–Trinajstić information content (AvgIpc) is 3.26. The third-order valence-corrected chi connectivity index (χ3v) is 6.38. The smallest absolute Gasteiger partial charge is 0.278 e. The molecule has 1 aliphatic rings. The van der Waals surface area contributed by atoms with E-state index in [9.17, 15) is 14.4 Å². The minimum absolute atomic E-state index is 0.0231. The molecule has 2 aromatic heterocycles. The molecule has 0 spiro atoms. The Kier molecular flexibility index (Phi) is 5.02. The molecule has 1 aliphatic heterocycles. The van der Waals surface area contributed by atoms with Crippen molar-refractivity contribution in [1.82, 2.24) is 15.0 Å². The quantitative estimate of drug-likeness (QED) is 0.437. The van der Waals surface area contributed by atoms with Crippen molar-refractivity contribution in [1.29, 1.82) is 0 Å². The largest absolute Gasteiger partial charge is 0.482 e. The molecule has 32 heavy (non-hydrogen) atoms. The van der Waals surface area contributed by atoms with Gasteiger partial charge >= 0.3 is 0 Å². The normalized spacial score (nSPS) is 13.2. The predicted molar refractivity (Wildman–Crippen MR) is 121 cm³/mol. The number of Topliss-reactive ketones (excluding diaryl/α,β-unsaturated/α-hetero) is 1. The van der Waals surface area contributed by atoms with Crippen molar-refractivity contribution in [2.45, 2.75) is 13.5 Å². The Balaban J connectivity index is 1.45. The van der Waals surface area contributed by atoms with E-state index in [1.165, 1.54) is 11.3 Å². The molecule has 8 nitrogen and oxygen atoms in total. The van der Waals surface area contributed by atoms with E-state index in [0.29, 0.717) is 33.8 Å².